The molecule has 6 heteroatoms. The van der Waals surface area contributed by atoms with Gasteiger partial charge < -0.3 is 9.26 Å². The number of methoxy groups -OCH3 is 1. The summed E-state index contributed by atoms with van der Waals surface area (Å²) in [5.41, 5.74) is -0.0747. The average Bonchev–Trinajstić information content (AvgIpc) is 3.09. The lowest BCUT2D eigenvalue weighted by Crippen LogP contribution is -2.49. The molecule has 0 aliphatic carbocycles. The highest BCUT2D eigenvalue weighted by Gasteiger charge is 2.39. The van der Waals surface area contributed by atoms with Gasteiger partial charge in [0.2, 0.25) is 5.89 Å². The summed E-state index contributed by atoms with van der Waals surface area (Å²) in [6, 6.07) is 9.55. The van der Waals surface area contributed by atoms with E-state index < -0.39 is 5.54 Å². The molecule has 0 bridgehead atoms. The fourth-order valence-corrected chi connectivity index (χ4v) is 2.68. The topological polar surface area (TPSA) is 77.2 Å². The summed E-state index contributed by atoms with van der Waals surface area (Å²) in [7, 11) is 1.40. The Balaban J connectivity index is 2.17. The van der Waals surface area contributed by atoms with Crippen LogP contribution >= 0.6 is 0 Å². The summed E-state index contributed by atoms with van der Waals surface area (Å²) in [5, 5.41) is 7.26. The number of carbonyl (C=O) groups excluding carboxylic acids is 1. The van der Waals surface area contributed by atoms with Gasteiger partial charge in [-0.3, -0.25) is 5.32 Å². The molecule has 6 nitrogen and oxygen atoms in total. The van der Waals surface area contributed by atoms with E-state index in [4.69, 9.17) is 9.26 Å². The third-order valence-electron chi connectivity index (χ3n) is 4.13. The molecule has 0 saturated carbocycles. The number of nitrogens with zero attached hydrogens (tertiary/aromatic N) is 2. The smallest absolute Gasteiger partial charge is 0.330 e. The first-order chi connectivity index (χ1) is 11.7. The first-order valence-corrected chi connectivity index (χ1v) is 8.36. The Kier molecular flexibility index (Phi) is 6.49. The monoisotopic (exact) mass is 331 g/mol. The van der Waals surface area contributed by atoms with Crippen LogP contribution in [0.2, 0.25) is 0 Å². The maximum absolute atomic E-state index is 12.5. The van der Waals surface area contributed by atoms with Crippen LogP contribution in [-0.4, -0.2) is 23.2 Å². The molecule has 24 heavy (non-hydrogen) atoms. The van der Waals surface area contributed by atoms with Crippen molar-refractivity contribution in [3.05, 3.63) is 47.6 Å². The molecule has 1 aromatic heterocycles. The predicted octanol–water partition coefficient (Wildman–Crippen LogP) is 2.98. The van der Waals surface area contributed by atoms with Crippen LogP contribution in [0.4, 0.5) is 0 Å². The predicted molar refractivity (Wildman–Crippen MR) is 90.2 cm³/mol. The minimum atomic E-state index is -0.930. The van der Waals surface area contributed by atoms with E-state index in [1.165, 1.54) is 7.11 Å². The largest absolute Gasteiger partial charge is 0.467 e. The zero-order valence-electron chi connectivity index (χ0n) is 14.5. The molecule has 0 saturated heterocycles. The van der Waals surface area contributed by atoms with Crippen molar-refractivity contribution < 1.29 is 14.1 Å². The molecule has 0 amide bonds. The van der Waals surface area contributed by atoms with Crippen LogP contribution in [-0.2, 0) is 28.0 Å². The molecule has 1 aromatic carbocycles. The van der Waals surface area contributed by atoms with Gasteiger partial charge in [0.15, 0.2) is 5.82 Å². The number of rotatable bonds is 9. The van der Waals surface area contributed by atoms with E-state index in [2.05, 4.69) is 22.4 Å². The van der Waals surface area contributed by atoms with Crippen LogP contribution in [0.1, 0.15) is 50.4 Å². The minimum absolute atomic E-state index is 0.327. The highest BCUT2D eigenvalue weighted by atomic mass is 16.5. The number of nitrogens with one attached hydrogen (secondary N) is 1. The standard InChI is InChI=1S/C18H25N3O3/c1-4-6-12-16-20-15(21-24-16)13-19-18(5-2,17(22)23-3)14-10-8-7-9-11-14/h7-11,19H,4-6,12-13H2,1-3H3/t18-/m1/s1. The summed E-state index contributed by atoms with van der Waals surface area (Å²) < 4.78 is 10.3. The van der Waals surface area contributed by atoms with Gasteiger partial charge in [-0.1, -0.05) is 55.8 Å². The van der Waals surface area contributed by atoms with Crippen LogP contribution in [0.15, 0.2) is 34.9 Å². The number of benzene rings is 1. The van der Waals surface area contributed by atoms with Gasteiger partial charge in [-0.05, 0) is 18.4 Å². The van der Waals surface area contributed by atoms with E-state index in [0.29, 0.717) is 24.7 Å². The number of aryl methyl sites for hydroxylation is 1. The summed E-state index contributed by atoms with van der Waals surface area (Å²) in [6.07, 6.45) is 3.41. The summed E-state index contributed by atoms with van der Waals surface area (Å²) in [5.74, 6) is 0.846. The van der Waals surface area contributed by atoms with Crippen LogP contribution < -0.4 is 5.32 Å². The van der Waals surface area contributed by atoms with Crippen LogP contribution in [0, 0.1) is 0 Å². The highest BCUT2D eigenvalue weighted by Crippen LogP contribution is 2.27. The molecule has 1 heterocycles. The molecule has 130 valence electrons. The maximum atomic E-state index is 12.5. The lowest BCUT2D eigenvalue weighted by Gasteiger charge is -2.31. The van der Waals surface area contributed by atoms with Crippen molar-refractivity contribution in [2.24, 2.45) is 0 Å². The molecule has 0 aliphatic heterocycles. The number of unbranched alkanes of at least 4 members (excludes halogenated alkanes) is 1. The van der Waals surface area contributed by atoms with Crippen LogP contribution in [0.3, 0.4) is 0 Å². The normalized spacial score (nSPS) is 13.5. The fraction of sp³-hybridized carbons (Fsp3) is 0.500. The zero-order valence-corrected chi connectivity index (χ0v) is 14.5. The molecule has 0 unspecified atom stereocenters. The first-order valence-electron chi connectivity index (χ1n) is 8.36. The molecule has 0 spiro atoms. The van der Waals surface area contributed by atoms with Gasteiger partial charge in [-0.15, -0.1) is 0 Å². The SMILES string of the molecule is CCCCc1nc(CN[C@@](CC)(C(=O)OC)c2ccccc2)no1. The van der Waals surface area contributed by atoms with E-state index >= 15 is 0 Å². The van der Waals surface area contributed by atoms with E-state index in [1.807, 2.05) is 37.3 Å². The molecular weight excluding hydrogens is 306 g/mol. The van der Waals surface area contributed by atoms with Crippen molar-refractivity contribution in [2.45, 2.75) is 51.6 Å². The number of carbonyl (C=O) groups is 1. The summed E-state index contributed by atoms with van der Waals surface area (Å²) in [6.45, 7) is 4.39. The Hall–Kier alpha value is -2.21. The lowest BCUT2D eigenvalue weighted by atomic mass is 9.87. The highest BCUT2D eigenvalue weighted by molar-refractivity contribution is 5.82. The van der Waals surface area contributed by atoms with Crippen molar-refractivity contribution >= 4 is 5.97 Å². The summed E-state index contributed by atoms with van der Waals surface area (Å²) >= 11 is 0. The summed E-state index contributed by atoms with van der Waals surface area (Å²) in [4.78, 5) is 16.9. The number of hydrogen-bond acceptors (Lipinski definition) is 6. The number of aromatic nitrogens is 2. The van der Waals surface area contributed by atoms with Gasteiger partial charge in [0, 0.05) is 6.42 Å². The Labute approximate surface area is 142 Å². The Morgan fingerprint density at radius 2 is 2.04 bits per heavy atom. The van der Waals surface area contributed by atoms with Gasteiger partial charge in [0.25, 0.3) is 0 Å². The minimum Gasteiger partial charge on any atom is -0.467 e. The molecule has 0 aliphatic rings. The molecule has 0 radical (unpaired) electrons. The third-order valence-corrected chi connectivity index (χ3v) is 4.13. The van der Waals surface area contributed by atoms with E-state index in [0.717, 1.165) is 24.8 Å². The Morgan fingerprint density at radius 1 is 1.29 bits per heavy atom. The van der Waals surface area contributed by atoms with E-state index in [-0.39, 0.29) is 5.97 Å². The second-order valence-electron chi connectivity index (χ2n) is 5.68. The van der Waals surface area contributed by atoms with E-state index in [1.54, 1.807) is 0 Å². The van der Waals surface area contributed by atoms with Crippen molar-refractivity contribution in [1.29, 1.82) is 0 Å². The molecular formula is C18H25N3O3. The van der Waals surface area contributed by atoms with E-state index in [9.17, 15) is 4.79 Å². The van der Waals surface area contributed by atoms with Gasteiger partial charge in [-0.25, -0.2) is 4.79 Å². The maximum Gasteiger partial charge on any atom is 0.330 e. The average molecular weight is 331 g/mol. The lowest BCUT2D eigenvalue weighted by molar-refractivity contribution is -0.149. The zero-order chi connectivity index (χ0) is 17.4. The van der Waals surface area contributed by atoms with Gasteiger partial charge in [-0.2, -0.15) is 4.98 Å². The molecule has 0 fully saturated rings. The third kappa shape index (κ3) is 4.00. The number of hydrogen-bond donors (Lipinski definition) is 1. The second-order valence-corrected chi connectivity index (χ2v) is 5.68. The Morgan fingerprint density at radius 3 is 2.67 bits per heavy atom. The quantitative estimate of drug-likeness (QED) is 0.712. The Bertz CT molecular complexity index is 642. The van der Waals surface area contributed by atoms with Gasteiger partial charge >= 0.3 is 5.97 Å². The first kappa shape index (κ1) is 18.1. The van der Waals surface area contributed by atoms with Crippen molar-refractivity contribution in [1.82, 2.24) is 15.5 Å². The van der Waals surface area contributed by atoms with Gasteiger partial charge in [0.05, 0.1) is 13.7 Å². The van der Waals surface area contributed by atoms with Crippen molar-refractivity contribution in [3.63, 3.8) is 0 Å². The second kappa shape index (κ2) is 8.59. The van der Waals surface area contributed by atoms with Crippen molar-refractivity contribution in [3.8, 4) is 0 Å². The van der Waals surface area contributed by atoms with Gasteiger partial charge in [0.1, 0.15) is 5.54 Å². The van der Waals surface area contributed by atoms with Crippen LogP contribution in [0.5, 0.6) is 0 Å². The molecule has 1 atom stereocenters. The van der Waals surface area contributed by atoms with Crippen molar-refractivity contribution in [2.75, 3.05) is 7.11 Å². The van der Waals surface area contributed by atoms with Crippen LogP contribution in [0.25, 0.3) is 0 Å². The molecule has 2 rings (SSSR count). The molecule has 2 aromatic rings. The number of esters is 1. The fourth-order valence-electron chi connectivity index (χ4n) is 2.68. The number of ether oxygens (including phenoxy) is 1. The molecule has 1 N–H and O–H groups in total.